The van der Waals surface area contributed by atoms with Gasteiger partial charge in [-0.25, -0.2) is 0 Å². The van der Waals surface area contributed by atoms with Crippen molar-refractivity contribution in [1.29, 1.82) is 5.26 Å². The lowest BCUT2D eigenvalue weighted by Gasteiger charge is -2.28. The molecular formula is C24H25N3O3. The number of ether oxygens (including phenoxy) is 3. The number of benzene rings is 2. The highest BCUT2D eigenvalue weighted by Crippen LogP contribution is 2.41. The molecule has 0 bridgehead atoms. The Labute approximate surface area is 175 Å². The van der Waals surface area contributed by atoms with E-state index in [4.69, 9.17) is 14.2 Å². The number of aromatic amines is 1. The minimum Gasteiger partial charge on any atom is -0.493 e. The van der Waals surface area contributed by atoms with Crippen LogP contribution in [0.15, 0.2) is 42.6 Å². The van der Waals surface area contributed by atoms with E-state index in [-0.39, 0.29) is 6.10 Å². The number of H-pyrrole nitrogens is 1. The molecule has 2 aromatic carbocycles. The molecule has 1 aliphatic carbocycles. The van der Waals surface area contributed by atoms with Crippen molar-refractivity contribution >= 4 is 10.9 Å². The average molecular weight is 403 g/mol. The van der Waals surface area contributed by atoms with Gasteiger partial charge in [0.1, 0.15) is 12.7 Å². The van der Waals surface area contributed by atoms with Crippen LogP contribution in [0.4, 0.5) is 0 Å². The number of rotatable bonds is 5. The van der Waals surface area contributed by atoms with Gasteiger partial charge in [-0.3, -0.25) is 0 Å². The van der Waals surface area contributed by atoms with Crippen LogP contribution < -0.4 is 19.5 Å². The van der Waals surface area contributed by atoms with Gasteiger partial charge < -0.3 is 24.5 Å². The highest BCUT2D eigenvalue weighted by atomic mass is 16.6. The van der Waals surface area contributed by atoms with Gasteiger partial charge >= 0.3 is 0 Å². The predicted molar refractivity (Wildman–Crippen MR) is 114 cm³/mol. The van der Waals surface area contributed by atoms with Gasteiger partial charge in [-0.15, -0.1) is 0 Å². The van der Waals surface area contributed by atoms with Crippen LogP contribution in [0.5, 0.6) is 17.2 Å². The standard InChI is InChI=1S/C24H25N3O3/c1-28-22-3-2-4-23-24(22)30-18(14-29-23)12-26-17-7-6-16(10-17)20-13-27-21-8-5-15(11-25)9-19(20)21/h2-5,8-9,13,16-18,26-27H,6-7,10,12,14H2,1H3/t16-,17+,18-/m0/s1. The third kappa shape index (κ3) is 3.46. The molecule has 2 N–H and O–H groups in total. The molecular weight excluding hydrogens is 378 g/mol. The van der Waals surface area contributed by atoms with Gasteiger partial charge in [0.2, 0.25) is 5.75 Å². The number of methoxy groups -OCH3 is 1. The smallest absolute Gasteiger partial charge is 0.204 e. The Bertz CT molecular complexity index is 1090. The summed E-state index contributed by atoms with van der Waals surface area (Å²) in [6, 6.07) is 14.2. The Hall–Kier alpha value is -3.17. The fourth-order valence-electron chi connectivity index (χ4n) is 4.67. The maximum Gasteiger partial charge on any atom is 0.204 e. The zero-order chi connectivity index (χ0) is 20.5. The molecule has 3 aromatic rings. The van der Waals surface area contributed by atoms with E-state index in [0.717, 1.165) is 37.1 Å². The lowest BCUT2D eigenvalue weighted by molar-refractivity contribution is 0.0844. The molecule has 0 saturated heterocycles. The minimum atomic E-state index is -0.0425. The van der Waals surface area contributed by atoms with Crippen LogP contribution >= 0.6 is 0 Å². The van der Waals surface area contributed by atoms with E-state index in [9.17, 15) is 5.26 Å². The highest BCUT2D eigenvalue weighted by molar-refractivity contribution is 5.85. The molecule has 2 aliphatic rings. The summed E-state index contributed by atoms with van der Waals surface area (Å²) in [5.74, 6) is 2.63. The summed E-state index contributed by atoms with van der Waals surface area (Å²) < 4.78 is 17.4. The van der Waals surface area contributed by atoms with Gasteiger partial charge in [0, 0.05) is 29.7 Å². The molecule has 154 valence electrons. The van der Waals surface area contributed by atoms with E-state index in [1.54, 1.807) is 7.11 Å². The first-order chi connectivity index (χ1) is 14.7. The molecule has 6 heteroatoms. The summed E-state index contributed by atoms with van der Waals surface area (Å²) in [6.45, 7) is 1.27. The van der Waals surface area contributed by atoms with Crippen LogP contribution in [0.2, 0.25) is 0 Å². The largest absolute Gasteiger partial charge is 0.493 e. The Morgan fingerprint density at radius 2 is 2.20 bits per heavy atom. The number of para-hydroxylation sites is 1. The second-order valence-electron chi connectivity index (χ2n) is 8.07. The highest BCUT2D eigenvalue weighted by Gasteiger charge is 2.29. The van der Waals surface area contributed by atoms with Crippen molar-refractivity contribution in [2.75, 3.05) is 20.3 Å². The quantitative estimate of drug-likeness (QED) is 0.670. The minimum absolute atomic E-state index is 0.0425. The third-order valence-electron chi connectivity index (χ3n) is 6.22. The van der Waals surface area contributed by atoms with Crippen molar-refractivity contribution in [3.63, 3.8) is 0 Å². The summed E-state index contributed by atoms with van der Waals surface area (Å²) >= 11 is 0. The number of nitriles is 1. The Balaban J connectivity index is 1.21. The van der Waals surface area contributed by atoms with Crippen LogP contribution in [0, 0.1) is 11.3 Å². The number of nitrogens with one attached hydrogen (secondary N) is 2. The fraction of sp³-hybridized carbons (Fsp3) is 0.375. The van der Waals surface area contributed by atoms with Crippen molar-refractivity contribution in [3.8, 4) is 23.3 Å². The van der Waals surface area contributed by atoms with Gasteiger partial charge in [0.15, 0.2) is 11.5 Å². The van der Waals surface area contributed by atoms with Crippen LogP contribution in [0.1, 0.15) is 36.3 Å². The molecule has 3 atom stereocenters. The van der Waals surface area contributed by atoms with Crippen molar-refractivity contribution in [1.82, 2.24) is 10.3 Å². The number of nitrogens with zero attached hydrogens (tertiary/aromatic N) is 1. The van der Waals surface area contributed by atoms with Gasteiger partial charge in [-0.05, 0) is 61.1 Å². The van der Waals surface area contributed by atoms with Crippen molar-refractivity contribution in [3.05, 3.63) is 53.7 Å². The Morgan fingerprint density at radius 3 is 3.07 bits per heavy atom. The summed E-state index contributed by atoms with van der Waals surface area (Å²) in [5, 5.41) is 14.1. The zero-order valence-electron chi connectivity index (χ0n) is 17.0. The predicted octanol–water partition coefficient (Wildman–Crippen LogP) is 4.11. The maximum atomic E-state index is 9.22. The molecule has 0 unspecified atom stereocenters. The lowest BCUT2D eigenvalue weighted by atomic mass is 9.96. The topological polar surface area (TPSA) is 79.3 Å². The average Bonchev–Trinajstić information content (AvgIpc) is 3.43. The summed E-state index contributed by atoms with van der Waals surface area (Å²) in [7, 11) is 1.64. The molecule has 30 heavy (non-hydrogen) atoms. The summed E-state index contributed by atoms with van der Waals surface area (Å²) in [4.78, 5) is 3.36. The second kappa shape index (κ2) is 7.92. The molecule has 6 nitrogen and oxygen atoms in total. The molecule has 1 aliphatic heterocycles. The first-order valence-corrected chi connectivity index (χ1v) is 10.5. The molecule has 2 heterocycles. The molecule has 0 amide bonds. The molecule has 0 spiro atoms. The zero-order valence-corrected chi connectivity index (χ0v) is 17.0. The summed E-state index contributed by atoms with van der Waals surface area (Å²) in [5.41, 5.74) is 3.13. The molecule has 1 fully saturated rings. The van der Waals surface area contributed by atoms with E-state index >= 15 is 0 Å². The summed E-state index contributed by atoms with van der Waals surface area (Å²) in [6.07, 6.45) is 5.42. The number of aromatic nitrogens is 1. The van der Waals surface area contributed by atoms with Gasteiger partial charge in [-0.1, -0.05) is 6.07 Å². The molecule has 5 rings (SSSR count). The first-order valence-electron chi connectivity index (χ1n) is 10.5. The van der Waals surface area contributed by atoms with Gasteiger partial charge in [0.25, 0.3) is 0 Å². The normalized spacial score (nSPS) is 22.7. The molecule has 0 radical (unpaired) electrons. The monoisotopic (exact) mass is 403 g/mol. The Kier molecular flexibility index (Phi) is 4.97. The second-order valence-corrected chi connectivity index (χ2v) is 8.07. The van der Waals surface area contributed by atoms with E-state index in [0.29, 0.717) is 35.6 Å². The Morgan fingerprint density at radius 1 is 1.27 bits per heavy atom. The van der Waals surface area contributed by atoms with E-state index in [2.05, 4.69) is 22.6 Å². The van der Waals surface area contributed by atoms with E-state index in [1.165, 1.54) is 10.9 Å². The van der Waals surface area contributed by atoms with Crippen LogP contribution in [0.25, 0.3) is 10.9 Å². The van der Waals surface area contributed by atoms with E-state index in [1.807, 2.05) is 36.4 Å². The van der Waals surface area contributed by atoms with Crippen LogP contribution in [-0.2, 0) is 0 Å². The van der Waals surface area contributed by atoms with Crippen LogP contribution in [0.3, 0.4) is 0 Å². The van der Waals surface area contributed by atoms with Gasteiger partial charge in [0.05, 0.1) is 18.7 Å². The SMILES string of the molecule is COc1cccc2c1O[C@@H](CN[C@@H]1CC[C@H](c3c[nH]c4ccc(C#N)cc34)C1)CO2. The number of hydrogen-bond acceptors (Lipinski definition) is 5. The number of fused-ring (bicyclic) bond motifs is 2. The van der Waals surface area contributed by atoms with Crippen molar-refractivity contribution < 1.29 is 14.2 Å². The maximum absolute atomic E-state index is 9.22. The van der Waals surface area contributed by atoms with Crippen LogP contribution in [-0.4, -0.2) is 37.4 Å². The first kappa shape index (κ1) is 18.8. The molecule has 1 saturated carbocycles. The van der Waals surface area contributed by atoms with Crippen molar-refractivity contribution in [2.45, 2.75) is 37.3 Å². The lowest BCUT2D eigenvalue weighted by Crippen LogP contribution is -2.41. The third-order valence-corrected chi connectivity index (χ3v) is 6.22. The molecule has 1 aromatic heterocycles. The fourth-order valence-corrected chi connectivity index (χ4v) is 4.67. The van der Waals surface area contributed by atoms with Gasteiger partial charge in [-0.2, -0.15) is 5.26 Å². The van der Waals surface area contributed by atoms with Crippen molar-refractivity contribution in [2.24, 2.45) is 0 Å². The van der Waals surface area contributed by atoms with E-state index < -0.39 is 0 Å². The number of hydrogen-bond donors (Lipinski definition) is 2.